The minimum Gasteiger partial charge on any atom is -0.491 e. The lowest BCUT2D eigenvalue weighted by atomic mass is 10.2. The molecule has 1 aromatic carbocycles. The van der Waals surface area contributed by atoms with E-state index in [0.717, 1.165) is 11.3 Å². The van der Waals surface area contributed by atoms with Crippen molar-refractivity contribution in [3.05, 3.63) is 54.0 Å². The molecule has 6 heteroatoms. The number of carbonyl (C=O) groups excluding carboxylic acids is 2. The van der Waals surface area contributed by atoms with E-state index >= 15 is 0 Å². The maximum Gasteiger partial charge on any atom is 0.286 e. The highest BCUT2D eigenvalue weighted by Crippen LogP contribution is 2.15. The number of benzene rings is 1. The maximum absolute atomic E-state index is 12.1. The molecule has 2 rings (SSSR count). The van der Waals surface area contributed by atoms with Gasteiger partial charge in [0, 0.05) is 20.0 Å². The number of para-hydroxylation sites is 1. The number of amides is 2. The summed E-state index contributed by atoms with van der Waals surface area (Å²) in [5, 5.41) is 2.72. The molecule has 1 aromatic heterocycles. The van der Waals surface area contributed by atoms with Crippen LogP contribution in [0.4, 0.5) is 0 Å². The first kappa shape index (κ1) is 18.6. The summed E-state index contributed by atoms with van der Waals surface area (Å²) in [6.07, 6.45) is 2.40. The lowest BCUT2D eigenvalue weighted by molar-refractivity contribution is -0.130. The Labute approximate surface area is 147 Å². The number of nitrogens with one attached hydrogen (secondary N) is 1. The third kappa shape index (κ3) is 5.99. The first-order chi connectivity index (χ1) is 12.1. The van der Waals surface area contributed by atoms with E-state index in [1.807, 2.05) is 31.2 Å². The van der Waals surface area contributed by atoms with E-state index in [1.165, 1.54) is 6.26 Å². The molecular formula is C19H24N2O4. The fourth-order valence-corrected chi connectivity index (χ4v) is 2.26. The molecule has 0 spiro atoms. The molecule has 1 heterocycles. The second-order valence-electron chi connectivity index (χ2n) is 5.77. The van der Waals surface area contributed by atoms with Crippen LogP contribution in [0.1, 0.15) is 29.0 Å². The van der Waals surface area contributed by atoms with Gasteiger partial charge in [0.2, 0.25) is 5.91 Å². The van der Waals surface area contributed by atoms with Crippen LogP contribution in [0.5, 0.6) is 5.75 Å². The third-order valence-corrected chi connectivity index (χ3v) is 3.80. The van der Waals surface area contributed by atoms with Gasteiger partial charge in [-0.2, -0.15) is 0 Å². The zero-order valence-electron chi connectivity index (χ0n) is 14.7. The van der Waals surface area contributed by atoms with Gasteiger partial charge in [-0.05, 0) is 37.1 Å². The number of ether oxygens (including phenoxy) is 1. The zero-order valence-corrected chi connectivity index (χ0v) is 14.7. The molecule has 0 bridgehead atoms. The highest BCUT2D eigenvalue weighted by molar-refractivity contribution is 5.91. The molecule has 0 saturated carbocycles. The minimum atomic E-state index is -0.266. The summed E-state index contributed by atoms with van der Waals surface area (Å²) < 4.78 is 10.7. The van der Waals surface area contributed by atoms with Gasteiger partial charge in [-0.3, -0.25) is 9.59 Å². The number of nitrogens with zero attached hydrogens (tertiary/aromatic N) is 1. The predicted octanol–water partition coefficient (Wildman–Crippen LogP) is 2.64. The Morgan fingerprint density at radius 2 is 2.00 bits per heavy atom. The molecule has 0 saturated heterocycles. The molecule has 0 aliphatic heterocycles. The highest BCUT2D eigenvalue weighted by Gasteiger charge is 2.10. The van der Waals surface area contributed by atoms with Crippen molar-refractivity contribution < 1.29 is 18.7 Å². The van der Waals surface area contributed by atoms with E-state index in [1.54, 1.807) is 24.1 Å². The van der Waals surface area contributed by atoms with E-state index in [2.05, 4.69) is 5.32 Å². The van der Waals surface area contributed by atoms with Crippen LogP contribution in [0, 0.1) is 6.92 Å². The quantitative estimate of drug-likeness (QED) is 0.710. The second-order valence-corrected chi connectivity index (χ2v) is 5.77. The van der Waals surface area contributed by atoms with Gasteiger partial charge >= 0.3 is 0 Å². The van der Waals surface area contributed by atoms with Gasteiger partial charge in [-0.1, -0.05) is 18.2 Å². The second kappa shape index (κ2) is 9.52. The Hall–Kier alpha value is -2.76. The van der Waals surface area contributed by atoms with Crippen LogP contribution in [0.3, 0.4) is 0 Å². The van der Waals surface area contributed by atoms with Crippen molar-refractivity contribution in [2.24, 2.45) is 0 Å². The summed E-state index contributed by atoms with van der Waals surface area (Å²) in [6.45, 7) is 3.38. The predicted molar refractivity (Wildman–Crippen MR) is 94.6 cm³/mol. The van der Waals surface area contributed by atoms with Crippen molar-refractivity contribution >= 4 is 11.8 Å². The van der Waals surface area contributed by atoms with Crippen molar-refractivity contribution in [1.29, 1.82) is 0 Å². The molecule has 134 valence electrons. The summed E-state index contributed by atoms with van der Waals surface area (Å²) in [5.74, 6) is 0.874. The van der Waals surface area contributed by atoms with E-state index in [0.29, 0.717) is 32.5 Å². The lowest BCUT2D eigenvalue weighted by Gasteiger charge is -2.18. The van der Waals surface area contributed by atoms with Gasteiger partial charge < -0.3 is 19.4 Å². The molecule has 0 aliphatic rings. The van der Waals surface area contributed by atoms with Gasteiger partial charge in [0.15, 0.2) is 5.76 Å². The van der Waals surface area contributed by atoms with Crippen LogP contribution in [0.25, 0.3) is 0 Å². The average molecular weight is 344 g/mol. The molecule has 25 heavy (non-hydrogen) atoms. The fourth-order valence-electron chi connectivity index (χ4n) is 2.26. The number of hydrogen-bond acceptors (Lipinski definition) is 4. The molecule has 0 unspecified atom stereocenters. The fraction of sp³-hybridized carbons (Fsp3) is 0.368. The Kier molecular flexibility index (Phi) is 7.07. The van der Waals surface area contributed by atoms with Crippen LogP contribution in [0.2, 0.25) is 0 Å². The molecule has 2 aromatic rings. The number of likely N-dealkylation sites (N-methyl/N-ethyl adjacent to an activating group) is 1. The minimum absolute atomic E-state index is 0.0284. The van der Waals surface area contributed by atoms with E-state index < -0.39 is 0 Å². The first-order valence-electron chi connectivity index (χ1n) is 8.32. The van der Waals surface area contributed by atoms with Gasteiger partial charge in [-0.15, -0.1) is 0 Å². The van der Waals surface area contributed by atoms with Gasteiger partial charge in [0.1, 0.15) is 12.4 Å². The van der Waals surface area contributed by atoms with Crippen molar-refractivity contribution in [3.63, 3.8) is 0 Å². The molecular weight excluding hydrogens is 320 g/mol. The summed E-state index contributed by atoms with van der Waals surface area (Å²) >= 11 is 0. The maximum atomic E-state index is 12.1. The Morgan fingerprint density at radius 1 is 1.20 bits per heavy atom. The van der Waals surface area contributed by atoms with Crippen LogP contribution in [-0.2, 0) is 4.79 Å². The van der Waals surface area contributed by atoms with E-state index in [9.17, 15) is 9.59 Å². The third-order valence-electron chi connectivity index (χ3n) is 3.80. The average Bonchev–Trinajstić information content (AvgIpc) is 3.14. The van der Waals surface area contributed by atoms with Crippen molar-refractivity contribution in [3.8, 4) is 5.75 Å². The Bertz CT molecular complexity index is 682. The topological polar surface area (TPSA) is 71.8 Å². The molecule has 0 aliphatic carbocycles. The van der Waals surface area contributed by atoms with Crippen molar-refractivity contribution in [1.82, 2.24) is 10.2 Å². The Morgan fingerprint density at radius 3 is 2.72 bits per heavy atom. The lowest BCUT2D eigenvalue weighted by Crippen LogP contribution is -2.32. The number of carbonyl (C=O) groups is 2. The van der Waals surface area contributed by atoms with E-state index in [-0.39, 0.29) is 17.6 Å². The van der Waals surface area contributed by atoms with Crippen LogP contribution in [0.15, 0.2) is 47.1 Å². The number of hydrogen-bond donors (Lipinski definition) is 1. The molecule has 0 radical (unpaired) electrons. The zero-order chi connectivity index (χ0) is 18.1. The van der Waals surface area contributed by atoms with Crippen LogP contribution >= 0.6 is 0 Å². The number of aryl methyl sites for hydroxylation is 1. The van der Waals surface area contributed by atoms with Gasteiger partial charge in [-0.25, -0.2) is 0 Å². The van der Waals surface area contributed by atoms with Crippen molar-refractivity contribution in [2.45, 2.75) is 19.8 Å². The highest BCUT2D eigenvalue weighted by atomic mass is 16.5. The summed E-state index contributed by atoms with van der Waals surface area (Å²) in [5.41, 5.74) is 1.07. The van der Waals surface area contributed by atoms with Gasteiger partial charge in [0.25, 0.3) is 5.91 Å². The molecule has 1 N–H and O–H groups in total. The monoisotopic (exact) mass is 344 g/mol. The standard InChI is InChI=1S/C19H24N2O4/c1-15-7-3-4-8-16(15)25-14-12-21(2)18(22)10-5-11-20-19(23)17-9-6-13-24-17/h3-4,6-9,13H,5,10-12,14H2,1-2H3,(H,20,23). The molecule has 0 fully saturated rings. The summed E-state index contributed by atoms with van der Waals surface area (Å²) in [4.78, 5) is 25.4. The number of furan rings is 1. The van der Waals surface area contributed by atoms with Crippen LogP contribution in [-0.4, -0.2) is 43.5 Å². The summed E-state index contributed by atoms with van der Waals surface area (Å²) in [7, 11) is 1.75. The molecule has 0 atom stereocenters. The van der Waals surface area contributed by atoms with Gasteiger partial charge in [0.05, 0.1) is 12.8 Å². The molecule has 2 amide bonds. The number of rotatable bonds is 9. The van der Waals surface area contributed by atoms with Crippen LogP contribution < -0.4 is 10.1 Å². The van der Waals surface area contributed by atoms with E-state index in [4.69, 9.17) is 9.15 Å². The van der Waals surface area contributed by atoms with Crippen molar-refractivity contribution in [2.75, 3.05) is 26.7 Å². The molecule has 6 nitrogen and oxygen atoms in total. The normalized spacial score (nSPS) is 10.3. The largest absolute Gasteiger partial charge is 0.491 e. The Balaban J connectivity index is 1.60. The SMILES string of the molecule is Cc1ccccc1OCCN(C)C(=O)CCCNC(=O)c1ccco1. The first-order valence-corrected chi connectivity index (χ1v) is 8.32. The summed E-state index contributed by atoms with van der Waals surface area (Å²) in [6, 6.07) is 11.0. The smallest absolute Gasteiger partial charge is 0.286 e.